The van der Waals surface area contributed by atoms with Gasteiger partial charge in [-0.25, -0.2) is 0 Å². The van der Waals surface area contributed by atoms with E-state index >= 15 is 0 Å². The Balaban J connectivity index is 2.11. The third-order valence-corrected chi connectivity index (χ3v) is 3.66. The molecular formula is C17H16BrNO. The van der Waals surface area contributed by atoms with Gasteiger partial charge in [-0.05, 0) is 64.7 Å². The molecule has 0 fully saturated rings. The highest BCUT2D eigenvalue weighted by Gasteiger charge is 2.07. The van der Waals surface area contributed by atoms with Crippen LogP contribution in [-0.2, 0) is 4.79 Å². The number of carbonyl (C=O) groups is 1. The highest BCUT2D eigenvalue weighted by Crippen LogP contribution is 2.18. The number of nitrogens with one attached hydrogen (secondary N) is 1. The lowest BCUT2D eigenvalue weighted by atomic mass is 10.1. The van der Waals surface area contributed by atoms with Crippen LogP contribution in [0.3, 0.4) is 0 Å². The van der Waals surface area contributed by atoms with Crippen LogP contribution in [0.25, 0.3) is 6.08 Å². The van der Waals surface area contributed by atoms with E-state index in [2.05, 4.69) is 21.2 Å². The average molecular weight is 330 g/mol. The van der Waals surface area contributed by atoms with Crippen LogP contribution in [-0.4, -0.2) is 5.91 Å². The Kier molecular flexibility index (Phi) is 4.74. The maximum Gasteiger partial charge on any atom is 0.262 e. The normalized spacial score (nSPS) is 11.2. The van der Waals surface area contributed by atoms with Crippen molar-refractivity contribution in [3.63, 3.8) is 0 Å². The van der Waals surface area contributed by atoms with Crippen LogP contribution in [0.15, 0.2) is 53.0 Å². The van der Waals surface area contributed by atoms with Gasteiger partial charge in [0.2, 0.25) is 0 Å². The Morgan fingerprint density at radius 1 is 1.05 bits per heavy atom. The second kappa shape index (κ2) is 6.53. The second-order valence-electron chi connectivity index (χ2n) is 4.66. The minimum atomic E-state index is -0.155. The topological polar surface area (TPSA) is 29.1 Å². The van der Waals surface area contributed by atoms with E-state index in [-0.39, 0.29) is 5.91 Å². The molecule has 1 N–H and O–H groups in total. The van der Waals surface area contributed by atoms with Gasteiger partial charge in [0, 0.05) is 5.69 Å². The van der Waals surface area contributed by atoms with Crippen molar-refractivity contribution in [2.45, 2.75) is 13.8 Å². The van der Waals surface area contributed by atoms with E-state index in [4.69, 9.17) is 0 Å². The van der Waals surface area contributed by atoms with E-state index in [0.717, 1.165) is 16.8 Å². The predicted octanol–water partition coefficient (Wildman–Crippen LogP) is 4.68. The molecule has 20 heavy (non-hydrogen) atoms. The maximum atomic E-state index is 12.1. The fourth-order valence-corrected chi connectivity index (χ4v) is 2.13. The molecule has 0 saturated carbocycles. The Hall–Kier alpha value is -1.87. The first-order chi connectivity index (χ1) is 9.56. The predicted molar refractivity (Wildman–Crippen MR) is 87.9 cm³/mol. The van der Waals surface area contributed by atoms with Crippen LogP contribution in [0.4, 0.5) is 5.69 Å². The van der Waals surface area contributed by atoms with E-state index in [1.165, 1.54) is 5.56 Å². The van der Waals surface area contributed by atoms with E-state index < -0.39 is 0 Å². The van der Waals surface area contributed by atoms with Gasteiger partial charge in [0.1, 0.15) is 0 Å². The zero-order valence-electron chi connectivity index (χ0n) is 11.5. The van der Waals surface area contributed by atoms with Crippen molar-refractivity contribution >= 4 is 33.6 Å². The van der Waals surface area contributed by atoms with Crippen LogP contribution >= 0.6 is 15.9 Å². The lowest BCUT2D eigenvalue weighted by Crippen LogP contribution is -2.11. The van der Waals surface area contributed by atoms with Crippen LogP contribution in [0, 0.1) is 13.8 Å². The van der Waals surface area contributed by atoms with Gasteiger partial charge in [-0.15, -0.1) is 0 Å². The summed E-state index contributed by atoms with van der Waals surface area (Å²) in [6, 6.07) is 15.6. The molecule has 0 atom stereocenters. The second-order valence-corrected chi connectivity index (χ2v) is 5.51. The Morgan fingerprint density at radius 2 is 1.75 bits per heavy atom. The minimum Gasteiger partial charge on any atom is -0.322 e. The molecule has 0 bridgehead atoms. The van der Waals surface area contributed by atoms with Crippen molar-refractivity contribution in [3.05, 3.63) is 69.7 Å². The summed E-state index contributed by atoms with van der Waals surface area (Å²) in [5.41, 5.74) is 4.15. The lowest BCUT2D eigenvalue weighted by molar-refractivity contribution is -0.112. The Morgan fingerprint density at radius 3 is 2.40 bits per heavy atom. The first kappa shape index (κ1) is 14.5. The number of anilines is 1. The summed E-state index contributed by atoms with van der Waals surface area (Å²) in [6.45, 7) is 4.08. The molecular weight excluding hydrogens is 314 g/mol. The molecule has 0 aliphatic rings. The number of halogens is 1. The molecule has 0 saturated heterocycles. The largest absolute Gasteiger partial charge is 0.322 e. The van der Waals surface area contributed by atoms with Crippen molar-refractivity contribution in [1.82, 2.24) is 0 Å². The van der Waals surface area contributed by atoms with Crippen LogP contribution in [0.2, 0.25) is 0 Å². The van der Waals surface area contributed by atoms with Crippen LogP contribution < -0.4 is 5.32 Å². The van der Waals surface area contributed by atoms with Crippen molar-refractivity contribution in [1.29, 1.82) is 0 Å². The molecule has 102 valence electrons. The van der Waals surface area contributed by atoms with Crippen molar-refractivity contribution in [2.75, 3.05) is 5.32 Å². The standard InChI is InChI=1S/C17H16BrNO/c1-12-8-9-15(10-13(12)2)19-17(20)16(18)11-14-6-4-3-5-7-14/h3-11H,1-2H3,(H,19,20). The molecule has 1 amide bonds. The van der Waals surface area contributed by atoms with Gasteiger partial charge in [0.05, 0.1) is 4.48 Å². The Labute approximate surface area is 127 Å². The van der Waals surface area contributed by atoms with Crippen molar-refractivity contribution in [2.24, 2.45) is 0 Å². The molecule has 2 aromatic carbocycles. The van der Waals surface area contributed by atoms with Crippen molar-refractivity contribution < 1.29 is 4.79 Å². The van der Waals surface area contributed by atoms with Gasteiger partial charge in [0.15, 0.2) is 0 Å². The molecule has 2 aromatic rings. The third-order valence-electron chi connectivity index (χ3n) is 3.07. The number of rotatable bonds is 3. The zero-order chi connectivity index (χ0) is 14.5. The fraction of sp³-hybridized carbons (Fsp3) is 0.118. The molecule has 2 rings (SSSR count). The van der Waals surface area contributed by atoms with Crippen LogP contribution in [0.5, 0.6) is 0 Å². The SMILES string of the molecule is Cc1ccc(NC(=O)C(Br)=Cc2ccccc2)cc1C. The van der Waals surface area contributed by atoms with Crippen molar-refractivity contribution in [3.8, 4) is 0 Å². The number of amides is 1. The van der Waals surface area contributed by atoms with Gasteiger partial charge in [-0.3, -0.25) is 4.79 Å². The van der Waals surface area contributed by atoms with Gasteiger partial charge in [-0.2, -0.15) is 0 Å². The molecule has 2 nitrogen and oxygen atoms in total. The van der Waals surface area contributed by atoms with E-state index in [1.807, 2.05) is 62.4 Å². The summed E-state index contributed by atoms with van der Waals surface area (Å²) >= 11 is 3.32. The fourth-order valence-electron chi connectivity index (χ4n) is 1.77. The highest BCUT2D eigenvalue weighted by molar-refractivity contribution is 9.12. The highest BCUT2D eigenvalue weighted by atomic mass is 79.9. The Bertz CT molecular complexity index is 647. The molecule has 0 aliphatic heterocycles. The monoisotopic (exact) mass is 329 g/mol. The summed E-state index contributed by atoms with van der Waals surface area (Å²) in [5, 5.41) is 2.88. The quantitative estimate of drug-likeness (QED) is 0.814. The van der Waals surface area contributed by atoms with E-state index in [9.17, 15) is 4.79 Å². The molecule has 0 spiro atoms. The number of benzene rings is 2. The lowest BCUT2D eigenvalue weighted by Gasteiger charge is -2.07. The van der Waals surface area contributed by atoms with Crippen LogP contribution in [0.1, 0.15) is 16.7 Å². The van der Waals surface area contributed by atoms with Gasteiger partial charge >= 0.3 is 0 Å². The van der Waals surface area contributed by atoms with Gasteiger partial charge < -0.3 is 5.32 Å². The molecule has 0 unspecified atom stereocenters. The number of aryl methyl sites for hydroxylation is 2. The molecule has 0 heterocycles. The first-order valence-electron chi connectivity index (χ1n) is 6.37. The maximum absolute atomic E-state index is 12.1. The smallest absolute Gasteiger partial charge is 0.262 e. The number of hydrogen-bond donors (Lipinski definition) is 1. The van der Waals surface area contributed by atoms with E-state index in [1.54, 1.807) is 6.08 Å². The summed E-state index contributed by atoms with van der Waals surface area (Å²) in [6.07, 6.45) is 1.80. The number of carbonyl (C=O) groups excluding carboxylic acids is 1. The molecule has 0 radical (unpaired) electrons. The molecule has 0 aromatic heterocycles. The summed E-state index contributed by atoms with van der Waals surface area (Å²) in [5.74, 6) is -0.155. The minimum absolute atomic E-state index is 0.155. The first-order valence-corrected chi connectivity index (χ1v) is 7.16. The molecule has 0 aliphatic carbocycles. The zero-order valence-corrected chi connectivity index (χ0v) is 13.1. The van der Waals surface area contributed by atoms with E-state index in [0.29, 0.717) is 4.48 Å². The van der Waals surface area contributed by atoms with Gasteiger partial charge in [0.25, 0.3) is 5.91 Å². The molecule has 3 heteroatoms. The number of hydrogen-bond acceptors (Lipinski definition) is 1. The summed E-state index contributed by atoms with van der Waals surface area (Å²) in [7, 11) is 0. The summed E-state index contributed by atoms with van der Waals surface area (Å²) < 4.78 is 0.502. The third kappa shape index (κ3) is 3.81. The van der Waals surface area contributed by atoms with Gasteiger partial charge in [-0.1, -0.05) is 36.4 Å². The average Bonchev–Trinajstić information content (AvgIpc) is 2.44. The summed E-state index contributed by atoms with van der Waals surface area (Å²) in [4.78, 5) is 12.1.